The number of thiocarbonyl (C=S) groups is 1. The Kier molecular flexibility index (Phi) is 5.72. The van der Waals surface area contributed by atoms with E-state index >= 15 is 0 Å². The molecule has 0 radical (unpaired) electrons. The third-order valence-corrected chi connectivity index (χ3v) is 4.57. The maximum atomic E-state index is 13.2. The fraction of sp³-hybridized carbons (Fsp3) is 0.111. The van der Waals surface area contributed by atoms with Crippen LogP contribution >= 0.6 is 23.6 Å². The zero-order chi connectivity index (χ0) is 19.4. The summed E-state index contributed by atoms with van der Waals surface area (Å²) >= 11 is 6.38. The van der Waals surface area contributed by atoms with Crippen molar-refractivity contribution in [2.24, 2.45) is 0 Å². The van der Waals surface area contributed by atoms with Crippen molar-refractivity contribution in [1.29, 1.82) is 0 Å². The lowest BCUT2D eigenvalue weighted by Gasteiger charge is -2.07. The summed E-state index contributed by atoms with van der Waals surface area (Å²) in [5.74, 6) is -1.44. The molecule has 0 aliphatic heterocycles. The van der Waals surface area contributed by atoms with E-state index in [2.05, 4.69) is 15.6 Å². The van der Waals surface area contributed by atoms with E-state index in [1.54, 1.807) is 25.1 Å². The molecule has 27 heavy (non-hydrogen) atoms. The Morgan fingerprint density at radius 2 is 2.04 bits per heavy atom. The highest BCUT2D eigenvalue weighted by molar-refractivity contribution is 7.80. The van der Waals surface area contributed by atoms with Crippen molar-refractivity contribution in [3.05, 3.63) is 59.4 Å². The summed E-state index contributed by atoms with van der Waals surface area (Å²) in [5, 5.41) is 5.78. The molecule has 0 saturated carbocycles. The van der Waals surface area contributed by atoms with Gasteiger partial charge in [-0.15, -0.1) is 0 Å². The lowest BCUT2D eigenvalue weighted by Crippen LogP contribution is -2.34. The van der Waals surface area contributed by atoms with Crippen molar-refractivity contribution >= 4 is 55.9 Å². The summed E-state index contributed by atoms with van der Waals surface area (Å²) in [4.78, 5) is 28.2. The van der Waals surface area contributed by atoms with Crippen LogP contribution < -0.4 is 10.6 Å². The normalized spacial score (nSPS) is 10.4. The third-order valence-electron chi connectivity index (χ3n) is 3.43. The fourth-order valence-corrected chi connectivity index (χ4v) is 3.42. The van der Waals surface area contributed by atoms with Gasteiger partial charge >= 0.3 is 5.97 Å². The van der Waals surface area contributed by atoms with Gasteiger partial charge in [0.1, 0.15) is 5.82 Å². The number of aromatic nitrogens is 1. The van der Waals surface area contributed by atoms with E-state index in [1.807, 2.05) is 0 Å². The number of thiazole rings is 1. The summed E-state index contributed by atoms with van der Waals surface area (Å²) in [6, 6.07) is 10.3. The smallest absolute Gasteiger partial charge is 0.338 e. The number of halogens is 1. The first-order valence-corrected chi connectivity index (χ1v) is 9.14. The molecule has 2 N–H and O–H groups in total. The van der Waals surface area contributed by atoms with Gasteiger partial charge < -0.3 is 10.1 Å². The first-order chi connectivity index (χ1) is 13.0. The molecule has 3 rings (SSSR count). The molecule has 1 amide bonds. The number of rotatable bonds is 4. The largest absolute Gasteiger partial charge is 0.462 e. The molecular formula is C18H14FN3O3S2. The van der Waals surface area contributed by atoms with Crippen LogP contribution in [0.4, 0.5) is 9.52 Å². The highest BCUT2D eigenvalue weighted by atomic mass is 32.1. The minimum Gasteiger partial charge on any atom is -0.462 e. The van der Waals surface area contributed by atoms with E-state index in [0.717, 1.165) is 10.8 Å². The van der Waals surface area contributed by atoms with Crippen LogP contribution in [0.5, 0.6) is 0 Å². The number of nitrogens with one attached hydrogen (secondary N) is 2. The van der Waals surface area contributed by atoms with Crippen LogP contribution in [0.15, 0.2) is 42.5 Å². The number of hydrogen-bond donors (Lipinski definition) is 2. The van der Waals surface area contributed by atoms with E-state index in [4.69, 9.17) is 17.0 Å². The minimum atomic E-state index is -0.530. The Labute approximate surface area is 163 Å². The van der Waals surface area contributed by atoms with Crippen molar-refractivity contribution in [1.82, 2.24) is 10.3 Å². The molecular weight excluding hydrogens is 389 g/mol. The van der Waals surface area contributed by atoms with Crippen LogP contribution in [-0.2, 0) is 4.74 Å². The Morgan fingerprint density at radius 3 is 2.78 bits per heavy atom. The number of anilines is 1. The SMILES string of the molecule is CCOC(=O)c1ccc2nc(NC(=S)NC(=O)c3cccc(F)c3)sc2c1. The lowest BCUT2D eigenvalue weighted by atomic mass is 10.2. The average molecular weight is 403 g/mol. The fourth-order valence-electron chi connectivity index (χ4n) is 2.25. The van der Waals surface area contributed by atoms with Crippen molar-refractivity contribution in [3.8, 4) is 0 Å². The Balaban J connectivity index is 1.69. The maximum Gasteiger partial charge on any atom is 0.338 e. The Morgan fingerprint density at radius 1 is 1.22 bits per heavy atom. The van der Waals surface area contributed by atoms with E-state index in [1.165, 1.54) is 29.5 Å². The first kappa shape index (κ1) is 18.9. The van der Waals surface area contributed by atoms with Crippen LogP contribution in [-0.4, -0.2) is 28.6 Å². The average Bonchev–Trinajstić information content (AvgIpc) is 3.02. The van der Waals surface area contributed by atoms with Crippen molar-refractivity contribution in [2.45, 2.75) is 6.92 Å². The number of esters is 1. The second-order valence-corrected chi connectivity index (χ2v) is 6.78. The lowest BCUT2D eigenvalue weighted by molar-refractivity contribution is 0.0526. The second-order valence-electron chi connectivity index (χ2n) is 5.34. The molecule has 9 heteroatoms. The molecule has 0 fully saturated rings. The minimum absolute atomic E-state index is 0.0360. The standard InChI is InChI=1S/C18H14FN3O3S2/c1-2-25-16(24)11-6-7-13-14(9-11)27-18(20-13)22-17(26)21-15(23)10-4-3-5-12(19)8-10/h3-9H,2H2,1H3,(H2,20,21,22,23,26). The van der Waals surface area contributed by atoms with E-state index in [0.29, 0.717) is 22.8 Å². The maximum absolute atomic E-state index is 13.2. The predicted molar refractivity (Wildman–Crippen MR) is 106 cm³/mol. The second kappa shape index (κ2) is 8.19. The van der Waals surface area contributed by atoms with Gasteiger partial charge in [0, 0.05) is 5.56 Å². The molecule has 6 nitrogen and oxygen atoms in total. The summed E-state index contributed by atoms with van der Waals surface area (Å²) < 4.78 is 18.9. The number of nitrogens with zero attached hydrogens (tertiary/aromatic N) is 1. The van der Waals surface area contributed by atoms with Gasteiger partial charge in [-0.05, 0) is 55.5 Å². The van der Waals surface area contributed by atoms with Gasteiger partial charge in [-0.1, -0.05) is 17.4 Å². The third kappa shape index (κ3) is 4.63. The predicted octanol–water partition coefficient (Wildman–Crippen LogP) is 3.74. The molecule has 3 aromatic rings. The number of hydrogen-bond acceptors (Lipinski definition) is 6. The summed E-state index contributed by atoms with van der Waals surface area (Å²) in [5.41, 5.74) is 1.26. The van der Waals surface area contributed by atoms with E-state index in [-0.39, 0.29) is 10.7 Å². The topological polar surface area (TPSA) is 80.3 Å². The van der Waals surface area contributed by atoms with Crippen LogP contribution in [0, 0.1) is 5.82 Å². The molecule has 0 saturated heterocycles. The van der Waals surface area contributed by atoms with Gasteiger partial charge in [0.05, 0.1) is 22.4 Å². The van der Waals surface area contributed by atoms with Crippen molar-refractivity contribution in [2.75, 3.05) is 11.9 Å². The molecule has 0 aliphatic carbocycles. The summed E-state index contributed by atoms with van der Waals surface area (Å²) in [6.07, 6.45) is 0. The van der Waals surface area contributed by atoms with Gasteiger partial charge in [0.15, 0.2) is 10.2 Å². The highest BCUT2D eigenvalue weighted by Crippen LogP contribution is 2.27. The molecule has 1 heterocycles. The number of carbonyl (C=O) groups excluding carboxylic acids is 2. The van der Waals surface area contributed by atoms with Crippen LogP contribution in [0.25, 0.3) is 10.2 Å². The number of ether oxygens (including phenoxy) is 1. The summed E-state index contributed by atoms with van der Waals surface area (Å²) in [6.45, 7) is 2.04. The van der Waals surface area contributed by atoms with Gasteiger partial charge in [-0.25, -0.2) is 14.2 Å². The first-order valence-electron chi connectivity index (χ1n) is 7.92. The zero-order valence-electron chi connectivity index (χ0n) is 14.1. The number of fused-ring (bicyclic) bond motifs is 1. The van der Waals surface area contributed by atoms with E-state index in [9.17, 15) is 14.0 Å². The quantitative estimate of drug-likeness (QED) is 0.510. The van der Waals surface area contributed by atoms with Crippen molar-refractivity contribution in [3.63, 3.8) is 0 Å². The van der Waals surface area contributed by atoms with Crippen LogP contribution in [0.1, 0.15) is 27.6 Å². The van der Waals surface area contributed by atoms with Gasteiger partial charge in [0.25, 0.3) is 5.91 Å². The molecule has 0 spiro atoms. The summed E-state index contributed by atoms with van der Waals surface area (Å²) in [7, 11) is 0. The number of benzene rings is 2. The molecule has 2 aromatic carbocycles. The van der Waals surface area contributed by atoms with Gasteiger partial charge in [0.2, 0.25) is 0 Å². The number of carbonyl (C=O) groups is 2. The zero-order valence-corrected chi connectivity index (χ0v) is 15.7. The molecule has 0 bridgehead atoms. The molecule has 0 unspecified atom stereocenters. The van der Waals surface area contributed by atoms with Crippen molar-refractivity contribution < 1.29 is 18.7 Å². The highest BCUT2D eigenvalue weighted by Gasteiger charge is 2.13. The van der Waals surface area contributed by atoms with Gasteiger partial charge in [-0.2, -0.15) is 0 Å². The Bertz CT molecular complexity index is 1040. The van der Waals surface area contributed by atoms with Crippen LogP contribution in [0.2, 0.25) is 0 Å². The molecule has 138 valence electrons. The molecule has 1 aromatic heterocycles. The Hall–Kier alpha value is -2.91. The van der Waals surface area contributed by atoms with Crippen LogP contribution in [0.3, 0.4) is 0 Å². The molecule has 0 atom stereocenters. The monoisotopic (exact) mass is 403 g/mol. The van der Waals surface area contributed by atoms with E-state index < -0.39 is 17.7 Å². The molecule has 0 aliphatic rings. The van der Waals surface area contributed by atoms with Gasteiger partial charge in [-0.3, -0.25) is 10.1 Å². The number of amides is 1.